The molecule has 1 aliphatic heterocycles. The molecule has 1 heterocycles. The smallest absolute Gasteiger partial charge is 0.127 e. The number of nitrogens with two attached hydrogens (primary N) is 1. The SMILES string of the molecule is NC(c1ccc(Br)cc1Cl)c1cc(Cl)cc2c1OCC2. The summed E-state index contributed by atoms with van der Waals surface area (Å²) in [6.07, 6.45) is 0.865. The van der Waals surface area contributed by atoms with Gasteiger partial charge in [0.15, 0.2) is 0 Å². The standard InChI is InChI=1S/C15H12BrCl2NO/c16-9-1-2-11(13(18)6-9)14(19)12-7-10(17)5-8-3-4-20-15(8)12/h1-2,5-7,14H,3-4,19H2. The van der Waals surface area contributed by atoms with Gasteiger partial charge in [0.05, 0.1) is 12.6 Å². The number of rotatable bonds is 2. The van der Waals surface area contributed by atoms with Gasteiger partial charge in [-0.15, -0.1) is 0 Å². The number of hydrogen-bond acceptors (Lipinski definition) is 2. The minimum atomic E-state index is -0.360. The van der Waals surface area contributed by atoms with Crippen molar-refractivity contribution in [2.45, 2.75) is 12.5 Å². The number of halogens is 3. The number of ether oxygens (including phenoxy) is 1. The van der Waals surface area contributed by atoms with Crippen LogP contribution in [0.15, 0.2) is 34.8 Å². The van der Waals surface area contributed by atoms with Crippen LogP contribution < -0.4 is 10.5 Å². The van der Waals surface area contributed by atoms with Crippen molar-refractivity contribution in [2.75, 3.05) is 6.61 Å². The molecule has 1 aliphatic rings. The molecule has 5 heteroatoms. The van der Waals surface area contributed by atoms with E-state index in [1.165, 1.54) is 0 Å². The molecule has 0 bridgehead atoms. The van der Waals surface area contributed by atoms with E-state index in [4.69, 9.17) is 33.7 Å². The molecule has 2 N–H and O–H groups in total. The maximum absolute atomic E-state index is 6.37. The molecule has 1 atom stereocenters. The zero-order valence-electron chi connectivity index (χ0n) is 10.5. The summed E-state index contributed by atoms with van der Waals surface area (Å²) in [5.41, 5.74) is 9.22. The second kappa shape index (κ2) is 5.57. The largest absolute Gasteiger partial charge is 0.493 e. The zero-order valence-corrected chi connectivity index (χ0v) is 13.6. The molecule has 0 amide bonds. The molecule has 2 nitrogen and oxygen atoms in total. The van der Waals surface area contributed by atoms with Crippen molar-refractivity contribution in [2.24, 2.45) is 5.73 Å². The Morgan fingerprint density at radius 3 is 2.70 bits per heavy atom. The summed E-state index contributed by atoms with van der Waals surface area (Å²) in [4.78, 5) is 0. The third-order valence-electron chi connectivity index (χ3n) is 3.41. The summed E-state index contributed by atoms with van der Waals surface area (Å²) in [6.45, 7) is 0.670. The predicted octanol–water partition coefficient (Wildman–Crippen LogP) is 4.74. The Morgan fingerprint density at radius 2 is 1.95 bits per heavy atom. The Bertz CT molecular complexity index is 675. The first-order chi connectivity index (χ1) is 9.56. The van der Waals surface area contributed by atoms with Crippen molar-refractivity contribution in [3.05, 3.63) is 61.5 Å². The first-order valence-electron chi connectivity index (χ1n) is 6.22. The van der Waals surface area contributed by atoms with E-state index in [2.05, 4.69) is 15.9 Å². The Kier molecular flexibility index (Phi) is 3.95. The van der Waals surface area contributed by atoms with E-state index in [-0.39, 0.29) is 6.04 Å². The summed E-state index contributed by atoms with van der Waals surface area (Å²) in [7, 11) is 0. The van der Waals surface area contributed by atoms with Crippen molar-refractivity contribution >= 4 is 39.1 Å². The Balaban J connectivity index is 2.09. The molecule has 1 unspecified atom stereocenters. The van der Waals surface area contributed by atoms with E-state index in [1.807, 2.05) is 30.3 Å². The van der Waals surface area contributed by atoms with Crippen LogP contribution in [0.2, 0.25) is 10.0 Å². The predicted molar refractivity (Wildman–Crippen MR) is 85.8 cm³/mol. The molecule has 0 saturated heterocycles. The highest BCUT2D eigenvalue weighted by atomic mass is 79.9. The van der Waals surface area contributed by atoms with E-state index in [1.54, 1.807) is 0 Å². The van der Waals surface area contributed by atoms with Gasteiger partial charge in [0.1, 0.15) is 5.75 Å². The highest BCUT2D eigenvalue weighted by Crippen LogP contribution is 2.39. The lowest BCUT2D eigenvalue weighted by atomic mass is 9.96. The molecule has 0 aliphatic carbocycles. The second-order valence-corrected chi connectivity index (χ2v) is 6.48. The minimum absolute atomic E-state index is 0.360. The van der Waals surface area contributed by atoms with Gasteiger partial charge in [0, 0.05) is 26.5 Å². The van der Waals surface area contributed by atoms with E-state index in [0.29, 0.717) is 16.7 Å². The lowest BCUT2D eigenvalue weighted by molar-refractivity contribution is 0.352. The van der Waals surface area contributed by atoms with Crippen LogP contribution in [-0.2, 0) is 6.42 Å². The van der Waals surface area contributed by atoms with Crippen molar-refractivity contribution in [1.82, 2.24) is 0 Å². The first kappa shape index (κ1) is 14.2. The molecule has 2 aromatic carbocycles. The zero-order chi connectivity index (χ0) is 14.3. The van der Waals surface area contributed by atoms with Crippen LogP contribution in [0.3, 0.4) is 0 Å². The van der Waals surface area contributed by atoms with E-state index < -0.39 is 0 Å². The average molecular weight is 373 g/mol. The lowest BCUT2D eigenvalue weighted by Gasteiger charge is -2.18. The van der Waals surface area contributed by atoms with Gasteiger partial charge in [-0.1, -0.05) is 45.2 Å². The molecule has 20 heavy (non-hydrogen) atoms. The highest BCUT2D eigenvalue weighted by Gasteiger charge is 2.23. The topological polar surface area (TPSA) is 35.2 Å². The van der Waals surface area contributed by atoms with Gasteiger partial charge < -0.3 is 10.5 Å². The van der Waals surface area contributed by atoms with Crippen LogP contribution in [-0.4, -0.2) is 6.61 Å². The van der Waals surface area contributed by atoms with Gasteiger partial charge in [-0.05, 0) is 35.4 Å². The van der Waals surface area contributed by atoms with E-state index in [0.717, 1.165) is 33.3 Å². The van der Waals surface area contributed by atoms with Crippen molar-refractivity contribution < 1.29 is 4.74 Å². The van der Waals surface area contributed by atoms with Crippen molar-refractivity contribution in [3.8, 4) is 5.75 Å². The van der Waals surface area contributed by atoms with Crippen LogP contribution >= 0.6 is 39.1 Å². The molecule has 0 saturated carbocycles. The summed E-state index contributed by atoms with van der Waals surface area (Å²) < 4.78 is 6.62. The highest BCUT2D eigenvalue weighted by molar-refractivity contribution is 9.10. The fourth-order valence-electron chi connectivity index (χ4n) is 2.45. The summed E-state index contributed by atoms with van der Waals surface area (Å²) >= 11 is 15.8. The quantitative estimate of drug-likeness (QED) is 0.826. The van der Waals surface area contributed by atoms with Gasteiger partial charge in [-0.3, -0.25) is 0 Å². The molecule has 2 aromatic rings. The maximum atomic E-state index is 6.37. The Hall–Kier alpha value is -0.740. The fourth-order valence-corrected chi connectivity index (χ4v) is 3.49. The Labute approximate surface area is 136 Å². The van der Waals surface area contributed by atoms with Crippen LogP contribution in [0.25, 0.3) is 0 Å². The minimum Gasteiger partial charge on any atom is -0.493 e. The number of hydrogen-bond donors (Lipinski definition) is 1. The Morgan fingerprint density at radius 1 is 1.15 bits per heavy atom. The molecule has 0 aromatic heterocycles. The van der Waals surface area contributed by atoms with Gasteiger partial charge in [-0.2, -0.15) is 0 Å². The van der Waals surface area contributed by atoms with Crippen molar-refractivity contribution in [3.63, 3.8) is 0 Å². The van der Waals surface area contributed by atoms with Gasteiger partial charge in [0.2, 0.25) is 0 Å². The fraction of sp³-hybridized carbons (Fsp3) is 0.200. The summed E-state index contributed by atoms with van der Waals surface area (Å²) in [5, 5.41) is 1.30. The number of benzene rings is 2. The molecule has 104 valence electrons. The van der Waals surface area contributed by atoms with E-state index >= 15 is 0 Å². The third kappa shape index (κ3) is 2.56. The van der Waals surface area contributed by atoms with Crippen LogP contribution in [0, 0.1) is 0 Å². The van der Waals surface area contributed by atoms with Gasteiger partial charge in [0.25, 0.3) is 0 Å². The van der Waals surface area contributed by atoms with Gasteiger partial charge >= 0.3 is 0 Å². The normalized spacial score (nSPS) is 14.8. The van der Waals surface area contributed by atoms with Gasteiger partial charge in [-0.25, -0.2) is 0 Å². The monoisotopic (exact) mass is 371 g/mol. The molecular weight excluding hydrogens is 361 g/mol. The molecular formula is C15H12BrCl2NO. The summed E-state index contributed by atoms with van der Waals surface area (Å²) in [6, 6.07) is 9.10. The second-order valence-electron chi connectivity index (χ2n) is 4.73. The van der Waals surface area contributed by atoms with Crippen LogP contribution in [0.1, 0.15) is 22.7 Å². The lowest BCUT2D eigenvalue weighted by Crippen LogP contribution is -2.13. The third-order valence-corrected chi connectivity index (χ3v) is 4.45. The molecule has 3 rings (SSSR count). The maximum Gasteiger partial charge on any atom is 0.127 e. The first-order valence-corrected chi connectivity index (χ1v) is 7.77. The molecule has 0 fully saturated rings. The van der Waals surface area contributed by atoms with E-state index in [9.17, 15) is 0 Å². The molecule has 0 spiro atoms. The summed E-state index contributed by atoms with van der Waals surface area (Å²) in [5.74, 6) is 0.848. The average Bonchev–Trinajstić information content (AvgIpc) is 2.85. The van der Waals surface area contributed by atoms with Crippen LogP contribution in [0.4, 0.5) is 0 Å². The van der Waals surface area contributed by atoms with Crippen LogP contribution in [0.5, 0.6) is 5.75 Å². The molecule has 0 radical (unpaired) electrons. The van der Waals surface area contributed by atoms with Crippen molar-refractivity contribution in [1.29, 1.82) is 0 Å². The number of fused-ring (bicyclic) bond motifs is 1.